The Morgan fingerprint density at radius 3 is 2.53 bits per heavy atom. The molecule has 0 N–H and O–H groups in total. The third-order valence-electron chi connectivity index (χ3n) is 2.32. The van der Waals surface area contributed by atoms with Crippen molar-refractivity contribution >= 4 is 5.78 Å². The molecule has 0 heterocycles. The Bertz CT molecular complexity index is 374. The van der Waals surface area contributed by atoms with Gasteiger partial charge in [0.2, 0.25) is 0 Å². The zero-order chi connectivity index (χ0) is 12.7. The maximum Gasteiger partial charge on any atom is 0.161 e. The van der Waals surface area contributed by atoms with Gasteiger partial charge in [0, 0.05) is 25.7 Å². The topological polar surface area (TPSA) is 44.8 Å². The van der Waals surface area contributed by atoms with Gasteiger partial charge in [0.05, 0.1) is 13.7 Å². The van der Waals surface area contributed by atoms with Gasteiger partial charge in [-0.2, -0.15) is 0 Å². The first-order valence-corrected chi connectivity index (χ1v) is 5.49. The van der Waals surface area contributed by atoms with Gasteiger partial charge in [0.25, 0.3) is 0 Å². The van der Waals surface area contributed by atoms with E-state index in [9.17, 15) is 4.79 Å². The maximum absolute atomic E-state index is 11.2. The number of rotatable bonds is 7. The van der Waals surface area contributed by atoms with Crippen molar-refractivity contribution in [3.05, 3.63) is 23.8 Å². The van der Waals surface area contributed by atoms with E-state index in [0.717, 1.165) is 6.42 Å². The van der Waals surface area contributed by atoms with Gasteiger partial charge in [0.1, 0.15) is 0 Å². The van der Waals surface area contributed by atoms with Gasteiger partial charge < -0.3 is 14.2 Å². The van der Waals surface area contributed by atoms with E-state index in [1.165, 1.54) is 6.92 Å². The standard InChI is InChI=1S/C13H18O4/c1-10(14)11-5-6-12(13(9-11)16-3)17-8-4-7-15-2/h5-6,9H,4,7-8H2,1-3H3. The first kappa shape index (κ1) is 13.5. The number of hydrogen-bond donors (Lipinski definition) is 0. The summed E-state index contributed by atoms with van der Waals surface area (Å²) in [4.78, 5) is 11.2. The van der Waals surface area contributed by atoms with Crippen molar-refractivity contribution in [3.63, 3.8) is 0 Å². The third kappa shape index (κ3) is 4.07. The molecule has 17 heavy (non-hydrogen) atoms. The first-order chi connectivity index (χ1) is 8.19. The van der Waals surface area contributed by atoms with Crippen LogP contribution in [-0.2, 0) is 4.74 Å². The van der Waals surface area contributed by atoms with Gasteiger partial charge >= 0.3 is 0 Å². The molecule has 4 nitrogen and oxygen atoms in total. The summed E-state index contributed by atoms with van der Waals surface area (Å²) in [6, 6.07) is 5.17. The van der Waals surface area contributed by atoms with Crippen LogP contribution in [0.5, 0.6) is 11.5 Å². The molecular weight excluding hydrogens is 220 g/mol. The van der Waals surface area contributed by atoms with Gasteiger partial charge in [-0.15, -0.1) is 0 Å². The van der Waals surface area contributed by atoms with E-state index in [-0.39, 0.29) is 5.78 Å². The average molecular weight is 238 g/mol. The fourth-order valence-electron chi connectivity index (χ4n) is 1.39. The first-order valence-electron chi connectivity index (χ1n) is 5.49. The van der Waals surface area contributed by atoms with Gasteiger partial charge in [-0.1, -0.05) is 0 Å². The lowest BCUT2D eigenvalue weighted by Crippen LogP contribution is -2.03. The lowest BCUT2D eigenvalue weighted by Gasteiger charge is -2.11. The molecule has 0 aliphatic rings. The van der Waals surface area contributed by atoms with Gasteiger partial charge in [-0.3, -0.25) is 4.79 Å². The Labute approximate surface area is 101 Å². The molecule has 0 saturated carbocycles. The minimum Gasteiger partial charge on any atom is -0.493 e. The molecule has 0 aliphatic heterocycles. The van der Waals surface area contributed by atoms with Crippen LogP contribution >= 0.6 is 0 Å². The highest BCUT2D eigenvalue weighted by Crippen LogP contribution is 2.28. The summed E-state index contributed by atoms with van der Waals surface area (Å²) in [5.41, 5.74) is 0.617. The lowest BCUT2D eigenvalue weighted by atomic mass is 10.1. The quantitative estimate of drug-likeness (QED) is 0.540. The SMILES string of the molecule is COCCCOc1ccc(C(C)=O)cc1OC. The van der Waals surface area contributed by atoms with Crippen molar-refractivity contribution in [1.29, 1.82) is 0 Å². The van der Waals surface area contributed by atoms with E-state index in [2.05, 4.69) is 0 Å². The lowest BCUT2D eigenvalue weighted by molar-refractivity contribution is 0.101. The molecule has 94 valence electrons. The van der Waals surface area contributed by atoms with Crippen molar-refractivity contribution in [2.45, 2.75) is 13.3 Å². The number of carbonyl (C=O) groups is 1. The highest BCUT2D eigenvalue weighted by molar-refractivity contribution is 5.94. The number of benzene rings is 1. The minimum atomic E-state index is 0.00855. The Kier molecular flexibility index (Phi) is 5.49. The van der Waals surface area contributed by atoms with E-state index in [4.69, 9.17) is 14.2 Å². The molecule has 0 unspecified atom stereocenters. The molecule has 0 bridgehead atoms. The molecule has 1 aromatic carbocycles. The summed E-state index contributed by atoms with van der Waals surface area (Å²) in [7, 11) is 3.21. The predicted octanol–water partition coefficient (Wildman–Crippen LogP) is 2.31. The normalized spacial score (nSPS) is 10.1. The fourth-order valence-corrected chi connectivity index (χ4v) is 1.39. The molecule has 4 heteroatoms. The Morgan fingerprint density at radius 1 is 1.18 bits per heavy atom. The molecule has 0 saturated heterocycles. The van der Waals surface area contributed by atoms with Gasteiger partial charge in [-0.05, 0) is 25.1 Å². The Morgan fingerprint density at radius 2 is 1.94 bits per heavy atom. The second-order valence-corrected chi connectivity index (χ2v) is 3.62. The molecule has 0 fully saturated rings. The number of hydrogen-bond acceptors (Lipinski definition) is 4. The molecule has 1 rings (SSSR count). The van der Waals surface area contributed by atoms with Crippen molar-refractivity contribution in [1.82, 2.24) is 0 Å². The predicted molar refractivity (Wildman–Crippen MR) is 65.0 cm³/mol. The van der Waals surface area contributed by atoms with Gasteiger partial charge in [-0.25, -0.2) is 0 Å². The molecule has 0 radical (unpaired) electrons. The van der Waals surface area contributed by atoms with Crippen LogP contribution in [0.1, 0.15) is 23.7 Å². The van der Waals surface area contributed by atoms with Crippen molar-refractivity contribution < 1.29 is 19.0 Å². The molecule has 1 aromatic rings. The van der Waals surface area contributed by atoms with Crippen LogP contribution in [0.3, 0.4) is 0 Å². The number of Topliss-reactive ketones (excluding diaryl/α,β-unsaturated/α-hetero) is 1. The second kappa shape index (κ2) is 6.91. The average Bonchev–Trinajstić information content (AvgIpc) is 2.34. The highest BCUT2D eigenvalue weighted by atomic mass is 16.5. The number of methoxy groups -OCH3 is 2. The zero-order valence-electron chi connectivity index (χ0n) is 10.5. The van der Waals surface area contributed by atoms with Crippen LogP contribution in [0, 0.1) is 0 Å². The van der Waals surface area contributed by atoms with E-state index < -0.39 is 0 Å². The largest absolute Gasteiger partial charge is 0.493 e. The second-order valence-electron chi connectivity index (χ2n) is 3.62. The monoisotopic (exact) mass is 238 g/mol. The summed E-state index contributed by atoms with van der Waals surface area (Å²) < 4.78 is 15.7. The molecule has 0 spiro atoms. The van der Waals surface area contributed by atoms with Crippen LogP contribution in [0.15, 0.2) is 18.2 Å². The summed E-state index contributed by atoms with van der Waals surface area (Å²) in [5, 5.41) is 0. The Hall–Kier alpha value is -1.55. The van der Waals surface area contributed by atoms with Crippen LogP contribution in [0.2, 0.25) is 0 Å². The van der Waals surface area contributed by atoms with Crippen molar-refractivity contribution in [2.75, 3.05) is 27.4 Å². The summed E-state index contributed by atoms with van der Waals surface area (Å²) in [6.07, 6.45) is 0.814. The summed E-state index contributed by atoms with van der Waals surface area (Å²) in [5.74, 6) is 1.23. The van der Waals surface area contributed by atoms with Gasteiger partial charge in [0.15, 0.2) is 17.3 Å². The molecule has 0 atom stereocenters. The van der Waals surface area contributed by atoms with E-state index in [1.807, 2.05) is 0 Å². The van der Waals surface area contributed by atoms with E-state index in [1.54, 1.807) is 32.4 Å². The smallest absolute Gasteiger partial charge is 0.161 e. The van der Waals surface area contributed by atoms with E-state index >= 15 is 0 Å². The number of ether oxygens (including phenoxy) is 3. The molecular formula is C13H18O4. The maximum atomic E-state index is 11.2. The highest BCUT2D eigenvalue weighted by Gasteiger charge is 2.07. The molecule has 0 amide bonds. The number of carbonyl (C=O) groups excluding carboxylic acids is 1. The van der Waals surface area contributed by atoms with Crippen molar-refractivity contribution in [3.8, 4) is 11.5 Å². The summed E-state index contributed by atoms with van der Waals surface area (Å²) in [6.45, 7) is 2.74. The summed E-state index contributed by atoms with van der Waals surface area (Å²) >= 11 is 0. The minimum absolute atomic E-state index is 0.00855. The van der Waals surface area contributed by atoms with Crippen molar-refractivity contribution in [2.24, 2.45) is 0 Å². The van der Waals surface area contributed by atoms with Crippen LogP contribution in [0.4, 0.5) is 0 Å². The van der Waals surface area contributed by atoms with Crippen LogP contribution in [-0.4, -0.2) is 33.2 Å². The third-order valence-corrected chi connectivity index (χ3v) is 2.32. The molecule has 0 aromatic heterocycles. The van der Waals surface area contributed by atoms with Crippen LogP contribution < -0.4 is 9.47 Å². The zero-order valence-corrected chi connectivity index (χ0v) is 10.5. The fraction of sp³-hybridized carbons (Fsp3) is 0.462. The van der Waals surface area contributed by atoms with Crippen LogP contribution in [0.25, 0.3) is 0 Å². The molecule has 0 aliphatic carbocycles. The Balaban J connectivity index is 2.68. The van der Waals surface area contributed by atoms with E-state index in [0.29, 0.717) is 30.3 Å². The number of ketones is 1.